The first-order valence-electron chi connectivity index (χ1n) is 10.3. The van der Waals surface area contributed by atoms with Gasteiger partial charge in [0, 0.05) is 17.3 Å². The van der Waals surface area contributed by atoms with Crippen LogP contribution in [0.25, 0.3) is 6.08 Å². The molecule has 4 rings (SSSR count). The number of amides is 2. The second kappa shape index (κ2) is 10.8. The van der Waals surface area contributed by atoms with Crippen LogP contribution < -0.4 is 10.6 Å². The van der Waals surface area contributed by atoms with E-state index in [1.54, 1.807) is 54.8 Å². The molecule has 166 valence electrons. The summed E-state index contributed by atoms with van der Waals surface area (Å²) in [5.41, 5.74) is 1.94. The minimum Gasteiger partial charge on any atom is -0.467 e. The van der Waals surface area contributed by atoms with Crippen molar-refractivity contribution in [1.29, 1.82) is 0 Å². The van der Waals surface area contributed by atoms with Gasteiger partial charge in [-0.25, -0.2) is 0 Å². The standard InChI is InChI=1S/C26H22N2O5/c29-25(20-8-2-1-3-9-20)28-24(16-22-11-5-13-32-22)26(30)27-21-10-4-7-19(15-21)17-31-18-23-12-6-14-33-23/h1-16H,17-18H2,(H,27,30)(H,28,29). The fourth-order valence-electron chi connectivity index (χ4n) is 3.06. The molecule has 2 amide bonds. The molecule has 0 radical (unpaired) electrons. The number of carbonyl (C=O) groups excluding carboxylic acids is 2. The monoisotopic (exact) mass is 442 g/mol. The van der Waals surface area contributed by atoms with Gasteiger partial charge >= 0.3 is 0 Å². The molecule has 0 atom stereocenters. The molecule has 2 N–H and O–H groups in total. The van der Waals surface area contributed by atoms with E-state index in [4.69, 9.17) is 13.6 Å². The van der Waals surface area contributed by atoms with Crippen molar-refractivity contribution in [2.75, 3.05) is 5.32 Å². The van der Waals surface area contributed by atoms with Crippen LogP contribution in [0.5, 0.6) is 0 Å². The maximum atomic E-state index is 13.0. The largest absolute Gasteiger partial charge is 0.467 e. The Balaban J connectivity index is 1.44. The van der Waals surface area contributed by atoms with Gasteiger partial charge in [-0.15, -0.1) is 0 Å². The van der Waals surface area contributed by atoms with Crippen LogP contribution >= 0.6 is 0 Å². The summed E-state index contributed by atoms with van der Waals surface area (Å²) in [7, 11) is 0. The van der Waals surface area contributed by atoms with E-state index >= 15 is 0 Å². The highest BCUT2D eigenvalue weighted by atomic mass is 16.5. The van der Waals surface area contributed by atoms with Crippen LogP contribution in [0.2, 0.25) is 0 Å². The smallest absolute Gasteiger partial charge is 0.272 e. The third-order valence-corrected chi connectivity index (χ3v) is 4.64. The van der Waals surface area contributed by atoms with Gasteiger partial charge in [0.05, 0.1) is 19.1 Å². The number of benzene rings is 2. The van der Waals surface area contributed by atoms with E-state index in [2.05, 4.69) is 10.6 Å². The Bertz CT molecular complexity index is 1210. The highest BCUT2D eigenvalue weighted by Gasteiger charge is 2.16. The summed E-state index contributed by atoms with van der Waals surface area (Å²) in [4.78, 5) is 25.6. The average molecular weight is 442 g/mol. The van der Waals surface area contributed by atoms with Gasteiger partial charge in [-0.1, -0.05) is 30.3 Å². The van der Waals surface area contributed by atoms with E-state index in [-0.39, 0.29) is 5.70 Å². The van der Waals surface area contributed by atoms with E-state index in [1.807, 2.05) is 30.3 Å². The predicted molar refractivity (Wildman–Crippen MR) is 123 cm³/mol. The van der Waals surface area contributed by atoms with Crippen molar-refractivity contribution in [3.05, 3.63) is 120 Å². The SMILES string of the molecule is O=C(Nc1cccc(COCc2ccco2)c1)C(=Cc1ccco1)NC(=O)c1ccccc1. The van der Waals surface area contributed by atoms with E-state index < -0.39 is 11.8 Å². The Morgan fingerprint density at radius 1 is 0.848 bits per heavy atom. The number of carbonyl (C=O) groups is 2. The van der Waals surface area contributed by atoms with Crippen molar-refractivity contribution in [2.45, 2.75) is 13.2 Å². The summed E-state index contributed by atoms with van der Waals surface area (Å²) in [5, 5.41) is 5.49. The van der Waals surface area contributed by atoms with E-state index in [0.29, 0.717) is 30.2 Å². The second-order valence-electron chi connectivity index (χ2n) is 7.12. The van der Waals surface area contributed by atoms with Crippen LogP contribution in [0.1, 0.15) is 27.4 Å². The van der Waals surface area contributed by atoms with Gasteiger partial charge in [0.1, 0.15) is 23.8 Å². The van der Waals surface area contributed by atoms with E-state index in [1.165, 1.54) is 12.3 Å². The molecule has 2 aromatic heterocycles. The summed E-state index contributed by atoms with van der Waals surface area (Å²) >= 11 is 0. The molecule has 4 aromatic rings. The molecule has 0 saturated heterocycles. The molecule has 0 fully saturated rings. The molecular formula is C26H22N2O5. The molecule has 0 aliphatic heterocycles. The van der Waals surface area contributed by atoms with Gasteiger partial charge < -0.3 is 24.2 Å². The molecule has 0 bridgehead atoms. The molecular weight excluding hydrogens is 420 g/mol. The first kappa shape index (κ1) is 21.9. The molecule has 0 saturated carbocycles. The van der Waals surface area contributed by atoms with Crippen LogP contribution in [0.4, 0.5) is 5.69 Å². The quantitative estimate of drug-likeness (QED) is 0.356. The summed E-state index contributed by atoms with van der Waals surface area (Å²) in [6.07, 6.45) is 4.57. The fourth-order valence-corrected chi connectivity index (χ4v) is 3.06. The number of furan rings is 2. The zero-order valence-corrected chi connectivity index (χ0v) is 17.7. The lowest BCUT2D eigenvalue weighted by atomic mass is 10.2. The average Bonchev–Trinajstić information content (AvgIpc) is 3.54. The summed E-state index contributed by atoms with van der Waals surface area (Å²) in [6.45, 7) is 0.704. The lowest BCUT2D eigenvalue weighted by Crippen LogP contribution is -2.30. The molecule has 0 unspecified atom stereocenters. The van der Waals surface area contributed by atoms with Crippen LogP contribution in [-0.2, 0) is 22.7 Å². The molecule has 7 heteroatoms. The maximum absolute atomic E-state index is 13.0. The van der Waals surface area contributed by atoms with Crippen molar-refractivity contribution in [3.63, 3.8) is 0 Å². The van der Waals surface area contributed by atoms with Crippen molar-refractivity contribution in [1.82, 2.24) is 5.32 Å². The molecule has 7 nitrogen and oxygen atoms in total. The Labute approximate surface area is 190 Å². The highest BCUT2D eigenvalue weighted by Crippen LogP contribution is 2.15. The van der Waals surface area contributed by atoms with Crippen LogP contribution in [-0.4, -0.2) is 11.8 Å². The van der Waals surface area contributed by atoms with Crippen molar-refractivity contribution >= 4 is 23.6 Å². The molecule has 0 aliphatic rings. The zero-order valence-electron chi connectivity index (χ0n) is 17.7. The Morgan fingerprint density at radius 3 is 2.42 bits per heavy atom. The lowest BCUT2D eigenvalue weighted by Gasteiger charge is -2.12. The number of hydrogen-bond donors (Lipinski definition) is 2. The summed E-state index contributed by atoms with van der Waals surface area (Å²) in [5.74, 6) is 0.294. The van der Waals surface area contributed by atoms with Crippen LogP contribution in [0, 0.1) is 0 Å². The molecule has 2 heterocycles. The lowest BCUT2D eigenvalue weighted by molar-refractivity contribution is -0.113. The minimum atomic E-state index is -0.482. The highest BCUT2D eigenvalue weighted by molar-refractivity contribution is 6.10. The number of ether oxygens (including phenoxy) is 1. The second-order valence-corrected chi connectivity index (χ2v) is 7.12. The van der Waals surface area contributed by atoms with Gasteiger partial charge in [-0.3, -0.25) is 9.59 Å². The topological polar surface area (TPSA) is 93.7 Å². The number of hydrogen-bond acceptors (Lipinski definition) is 5. The van der Waals surface area contributed by atoms with Crippen LogP contribution in [0.15, 0.2) is 106 Å². The van der Waals surface area contributed by atoms with Crippen molar-refractivity contribution in [2.24, 2.45) is 0 Å². The van der Waals surface area contributed by atoms with E-state index in [0.717, 1.165) is 11.3 Å². The maximum Gasteiger partial charge on any atom is 0.272 e. The van der Waals surface area contributed by atoms with Gasteiger partial charge in [-0.2, -0.15) is 0 Å². The Kier molecular flexibility index (Phi) is 7.15. The number of nitrogens with one attached hydrogen (secondary N) is 2. The fraction of sp³-hybridized carbons (Fsp3) is 0.0769. The van der Waals surface area contributed by atoms with Crippen molar-refractivity contribution in [3.8, 4) is 0 Å². The van der Waals surface area contributed by atoms with Gasteiger partial charge in [0.25, 0.3) is 11.8 Å². The normalized spacial score (nSPS) is 11.2. The predicted octanol–water partition coefficient (Wildman–Crippen LogP) is 5.00. The van der Waals surface area contributed by atoms with Crippen molar-refractivity contribution < 1.29 is 23.2 Å². The summed E-state index contributed by atoms with van der Waals surface area (Å²) in [6, 6.07) is 23.0. The first-order valence-corrected chi connectivity index (χ1v) is 10.3. The van der Waals surface area contributed by atoms with Gasteiger partial charge in [-0.05, 0) is 54.1 Å². The third-order valence-electron chi connectivity index (χ3n) is 4.64. The molecule has 33 heavy (non-hydrogen) atoms. The van der Waals surface area contributed by atoms with Gasteiger partial charge in [0.15, 0.2) is 0 Å². The van der Waals surface area contributed by atoms with Crippen LogP contribution in [0.3, 0.4) is 0 Å². The molecule has 2 aromatic carbocycles. The van der Waals surface area contributed by atoms with Gasteiger partial charge in [0.2, 0.25) is 0 Å². The zero-order chi connectivity index (χ0) is 22.9. The Morgan fingerprint density at radius 2 is 1.67 bits per heavy atom. The first-order chi connectivity index (χ1) is 16.2. The number of rotatable bonds is 9. The van der Waals surface area contributed by atoms with E-state index in [9.17, 15) is 9.59 Å². The molecule has 0 spiro atoms. The molecule has 0 aliphatic carbocycles. The number of anilines is 1. The third kappa shape index (κ3) is 6.32. The Hall–Kier alpha value is -4.36. The minimum absolute atomic E-state index is 0.0540. The summed E-state index contributed by atoms with van der Waals surface area (Å²) < 4.78 is 16.2.